The van der Waals surface area contributed by atoms with E-state index in [0.717, 1.165) is 12.2 Å². The molecule has 1 fully saturated rings. The lowest BCUT2D eigenvalue weighted by Gasteiger charge is -2.32. The van der Waals surface area contributed by atoms with Gasteiger partial charge in [-0.15, -0.1) is 11.3 Å². The normalized spacial score (nSPS) is 16.7. The maximum atomic E-state index is 12.2. The molecule has 1 aliphatic rings. The molecule has 1 aromatic heterocycles. The average Bonchev–Trinajstić information content (AvgIpc) is 3.07. The fraction of sp³-hybridized carbons (Fsp3) is 0.688. The van der Waals surface area contributed by atoms with Crippen molar-refractivity contribution in [3.8, 4) is 0 Å². The first kappa shape index (κ1) is 19.8. The van der Waals surface area contributed by atoms with Gasteiger partial charge in [0.2, 0.25) is 15.9 Å². The van der Waals surface area contributed by atoms with E-state index >= 15 is 0 Å². The number of thioether (sulfide) groups is 1. The molecule has 0 bridgehead atoms. The topological polar surface area (TPSA) is 66.5 Å². The lowest BCUT2D eigenvalue weighted by atomic mass is 10.1. The van der Waals surface area contributed by atoms with Crippen LogP contribution in [0, 0.1) is 5.92 Å². The maximum Gasteiger partial charge on any atom is 0.250 e. The number of sulfonamides is 1. The first-order chi connectivity index (χ1) is 11.4. The van der Waals surface area contributed by atoms with Gasteiger partial charge in [0, 0.05) is 19.1 Å². The zero-order chi connectivity index (χ0) is 17.6. The number of thiophene rings is 1. The van der Waals surface area contributed by atoms with Gasteiger partial charge in [-0.1, -0.05) is 19.9 Å². The van der Waals surface area contributed by atoms with E-state index in [9.17, 15) is 13.2 Å². The van der Waals surface area contributed by atoms with Crippen LogP contribution in [0.2, 0.25) is 0 Å². The first-order valence-electron chi connectivity index (χ1n) is 8.30. The number of nitrogens with one attached hydrogen (secondary N) is 1. The van der Waals surface area contributed by atoms with Crippen molar-refractivity contribution >= 4 is 39.0 Å². The number of rotatable bonds is 8. The first-order valence-corrected chi connectivity index (χ1v) is 11.8. The number of likely N-dealkylation sites (tertiary alicyclic amines) is 1. The molecule has 2 rings (SSSR count). The van der Waals surface area contributed by atoms with Crippen molar-refractivity contribution in [1.82, 2.24) is 9.62 Å². The molecule has 0 aromatic carbocycles. The van der Waals surface area contributed by atoms with Gasteiger partial charge in [0.05, 0.1) is 5.75 Å². The summed E-state index contributed by atoms with van der Waals surface area (Å²) in [5.41, 5.74) is 0. The van der Waals surface area contributed by atoms with Gasteiger partial charge < -0.3 is 4.90 Å². The van der Waals surface area contributed by atoms with Crippen LogP contribution in [0.3, 0.4) is 0 Å². The molecular formula is C16H26N2O3S3. The smallest absolute Gasteiger partial charge is 0.250 e. The summed E-state index contributed by atoms with van der Waals surface area (Å²) in [4.78, 5) is 14.0. The van der Waals surface area contributed by atoms with Gasteiger partial charge in [-0.25, -0.2) is 13.1 Å². The minimum Gasteiger partial charge on any atom is -0.342 e. The number of amides is 1. The van der Waals surface area contributed by atoms with E-state index in [0.29, 0.717) is 41.8 Å². The standard InChI is InChI=1S/C16H26N2O3S3/c1-13(2)7-11-22-12-15(19)18-8-5-14(6-9-18)17-24(20,21)16-4-3-10-23-16/h3-4,10,13-14,17H,5-9,11-12H2,1-2H3. The Morgan fingerprint density at radius 1 is 1.42 bits per heavy atom. The predicted molar refractivity (Wildman–Crippen MR) is 101 cm³/mol. The van der Waals surface area contributed by atoms with E-state index in [2.05, 4.69) is 18.6 Å². The third-order valence-corrected chi connectivity index (χ3v) is 7.89. The lowest BCUT2D eigenvalue weighted by Crippen LogP contribution is -2.46. The molecule has 1 amide bonds. The van der Waals surface area contributed by atoms with Crippen molar-refractivity contribution in [2.75, 3.05) is 24.6 Å². The van der Waals surface area contributed by atoms with E-state index in [1.165, 1.54) is 11.3 Å². The van der Waals surface area contributed by atoms with Crippen LogP contribution in [0.25, 0.3) is 0 Å². The van der Waals surface area contributed by atoms with Crippen molar-refractivity contribution in [2.45, 2.75) is 43.4 Å². The Balaban J connectivity index is 1.72. The largest absolute Gasteiger partial charge is 0.342 e. The molecule has 0 unspecified atom stereocenters. The number of hydrogen-bond acceptors (Lipinski definition) is 5. The van der Waals surface area contributed by atoms with Crippen molar-refractivity contribution < 1.29 is 13.2 Å². The highest BCUT2D eigenvalue weighted by atomic mass is 32.2. The minimum atomic E-state index is -3.42. The van der Waals surface area contributed by atoms with E-state index in [1.54, 1.807) is 29.3 Å². The van der Waals surface area contributed by atoms with Crippen LogP contribution in [0.4, 0.5) is 0 Å². The molecule has 8 heteroatoms. The maximum absolute atomic E-state index is 12.2. The van der Waals surface area contributed by atoms with Gasteiger partial charge in [0.15, 0.2) is 0 Å². The molecule has 1 saturated heterocycles. The summed E-state index contributed by atoms with van der Waals surface area (Å²) in [5, 5.41) is 1.76. The quantitative estimate of drug-likeness (QED) is 0.693. The Labute approximate surface area is 153 Å². The Kier molecular flexibility index (Phi) is 7.59. The number of carbonyl (C=O) groups is 1. The Bertz CT molecular complexity index is 607. The lowest BCUT2D eigenvalue weighted by molar-refractivity contribution is -0.129. The van der Waals surface area contributed by atoms with Crippen LogP contribution in [-0.2, 0) is 14.8 Å². The number of piperidine rings is 1. The van der Waals surface area contributed by atoms with Gasteiger partial charge in [0.1, 0.15) is 4.21 Å². The van der Waals surface area contributed by atoms with Crippen LogP contribution in [-0.4, -0.2) is 49.9 Å². The number of nitrogens with zero attached hydrogens (tertiary/aromatic N) is 1. The van der Waals surface area contributed by atoms with E-state index in [4.69, 9.17) is 0 Å². The van der Waals surface area contributed by atoms with Crippen molar-refractivity contribution in [3.05, 3.63) is 17.5 Å². The second-order valence-electron chi connectivity index (χ2n) is 6.44. The second-order valence-corrected chi connectivity index (χ2v) is 10.4. The molecule has 0 radical (unpaired) electrons. The van der Waals surface area contributed by atoms with Crippen LogP contribution in [0.5, 0.6) is 0 Å². The zero-order valence-electron chi connectivity index (χ0n) is 14.2. The zero-order valence-corrected chi connectivity index (χ0v) is 16.7. The highest BCUT2D eigenvalue weighted by molar-refractivity contribution is 7.99. The fourth-order valence-electron chi connectivity index (χ4n) is 2.51. The molecule has 24 heavy (non-hydrogen) atoms. The monoisotopic (exact) mass is 390 g/mol. The SMILES string of the molecule is CC(C)CCSCC(=O)N1CCC(NS(=O)(=O)c2cccs2)CC1. The van der Waals surface area contributed by atoms with Crippen molar-refractivity contribution in [2.24, 2.45) is 5.92 Å². The summed E-state index contributed by atoms with van der Waals surface area (Å²) in [6.07, 6.45) is 2.48. The molecule has 0 atom stereocenters. The summed E-state index contributed by atoms with van der Waals surface area (Å²) in [6.45, 7) is 5.62. The Morgan fingerprint density at radius 3 is 2.71 bits per heavy atom. The van der Waals surface area contributed by atoms with Gasteiger partial charge in [-0.2, -0.15) is 11.8 Å². The second kappa shape index (κ2) is 9.22. The summed E-state index contributed by atoms with van der Waals surface area (Å²) < 4.78 is 27.6. The summed E-state index contributed by atoms with van der Waals surface area (Å²) in [7, 11) is -3.42. The number of hydrogen-bond donors (Lipinski definition) is 1. The van der Waals surface area contributed by atoms with Crippen molar-refractivity contribution in [3.63, 3.8) is 0 Å². The Hall–Kier alpha value is -0.570. The molecule has 1 aliphatic heterocycles. The van der Waals surface area contributed by atoms with Crippen LogP contribution in [0.15, 0.2) is 21.7 Å². The third-order valence-electron chi connectivity index (χ3n) is 3.99. The van der Waals surface area contributed by atoms with Crippen molar-refractivity contribution in [1.29, 1.82) is 0 Å². The molecule has 2 heterocycles. The summed E-state index contributed by atoms with van der Waals surface area (Å²) in [6, 6.07) is 3.26. The number of carbonyl (C=O) groups excluding carboxylic acids is 1. The van der Waals surface area contributed by atoms with E-state index in [-0.39, 0.29) is 11.9 Å². The molecule has 5 nitrogen and oxygen atoms in total. The third kappa shape index (κ3) is 6.06. The fourth-order valence-corrected chi connectivity index (χ4v) is 5.96. The molecule has 0 saturated carbocycles. The molecule has 0 aliphatic carbocycles. The molecule has 0 spiro atoms. The van der Waals surface area contributed by atoms with Gasteiger partial charge >= 0.3 is 0 Å². The van der Waals surface area contributed by atoms with Gasteiger partial charge in [0.25, 0.3) is 0 Å². The minimum absolute atomic E-state index is 0.0882. The summed E-state index contributed by atoms with van der Waals surface area (Å²) >= 11 is 2.91. The summed E-state index contributed by atoms with van der Waals surface area (Å²) in [5.74, 6) is 2.38. The van der Waals surface area contributed by atoms with Crippen LogP contribution < -0.4 is 4.72 Å². The van der Waals surface area contributed by atoms with Gasteiger partial charge in [-0.3, -0.25) is 4.79 Å². The van der Waals surface area contributed by atoms with E-state index in [1.807, 2.05) is 4.90 Å². The Morgan fingerprint density at radius 2 is 2.12 bits per heavy atom. The molecular weight excluding hydrogens is 364 g/mol. The van der Waals surface area contributed by atoms with Crippen LogP contribution >= 0.6 is 23.1 Å². The molecule has 136 valence electrons. The molecule has 1 aromatic rings. The highest BCUT2D eigenvalue weighted by Gasteiger charge is 2.26. The highest BCUT2D eigenvalue weighted by Crippen LogP contribution is 2.19. The van der Waals surface area contributed by atoms with Crippen LogP contribution in [0.1, 0.15) is 33.1 Å². The average molecular weight is 391 g/mol. The molecule has 1 N–H and O–H groups in total. The van der Waals surface area contributed by atoms with Gasteiger partial charge in [-0.05, 0) is 42.4 Å². The van der Waals surface area contributed by atoms with E-state index < -0.39 is 10.0 Å². The predicted octanol–water partition coefficient (Wildman–Crippen LogP) is 2.80.